The molecule has 2 rings (SSSR count). The maximum Gasteiger partial charge on any atom is 0.305 e. The number of carbonyl (C=O) groups is 4. The van der Waals surface area contributed by atoms with Crippen LogP contribution in [-0.4, -0.2) is 87.2 Å². The Bertz CT molecular complexity index is 1060. The Morgan fingerprint density at radius 2 is 1.02 bits per heavy atom. The molecule has 0 saturated carbocycles. The molecule has 2 aromatic carbocycles. The van der Waals surface area contributed by atoms with Gasteiger partial charge in [-0.25, -0.2) is 0 Å². The molecular formula is C32H46N2O8. The SMILES string of the molecule is CCOC(=O)CCCCCN(C)C(=O)COc1cc2ccccc2cc1OCC(=O)N(C)CCCCCC(=O)OCC. The number of fused-ring (bicyclic) bond motifs is 1. The van der Waals surface area contributed by atoms with Crippen molar-refractivity contribution in [3.05, 3.63) is 36.4 Å². The minimum Gasteiger partial charge on any atom is -0.480 e. The molecule has 2 amide bonds. The van der Waals surface area contributed by atoms with Crippen LogP contribution in [0.25, 0.3) is 10.8 Å². The topological polar surface area (TPSA) is 112 Å². The van der Waals surface area contributed by atoms with Crippen LogP contribution in [0.3, 0.4) is 0 Å². The second kappa shape index (κ2) is 19.3. The number of hydrogen-bond donors (Lipinski definition) is 0. The summed E-state index contributed by atoms with van der Waals surface area (Å²) in [6.45, 7) is 5.09. The monoisotopic (exact) mass is 586 g/mol. The highest BCUT2D eigenvalue weighted by Gasteiger charge is 2.16. The van der Waals surface area contributed by atoms with E-state index in [9.17, 15) is 19.2 Å². The second-order valence-electron chi connectivity index (χ2n) is 10.1. The molecule has 10 heteroatoms. The number of ether oxygens (including phenoxy) is 4. The Labute approximate surface area is 249 Å². The first-order chi connectivity index (χ1) is 20.2. The van der Waals surface area contributed by atoms with Crippen LogP contribution in [0.15, 0.2) is 36.4 Å². The zero-order chi connectivity index (χ0) is 30.7. The summed E-state index contributed by atoms with van der Waals surface area (Å²) in [5.41, 5.74) is 0. The molecular weight excluding hydrogens is 540 g/mol. The van der Waals surface area contributed by atoms with Gasteiger partial charge in [-0.1, -0.05) is 37.1 Å². The van der Waals surface area contributed by atoms with Crippen molar-refractivity contribution in [2.24, 2.45) is 0 Å². The van der Waals surface area contributed by atoms with Crippen LogP contribution < -0.4 is 9.47 Å². The van der Waals surface area contributed by atoms with Crippen molar-refractivity contribution in [3.8, 4) is 11.5 Å². The fraction of sp³-hybridized carbons (Fsp3) is 0.562. The van der Waals surface area contributed by atoms with Crippen molar-refractivity contribution in [2.75, 3.05) is 53.6 Å². The molecule has 0 saturated heterocycles. The van der Waals surface area contributed by atoms with E-state index in [2.05, 4.69) is 0 Å². The lowest BCUT2D eigenvalue weighted by Gasteiger charge is -2.20. The number of unbranched alkanes of at least 4 members (excludes halogenated alkanes) is 4. The maximum atomic E-state index is 12.7. The van der Waals surface area contributed by atoms with E-state index in [1.165, 1.54) is 0 Å². The minimum absolute atomic E-state index is 0.173. The van der Waals surface area contributed by atoms with Gasteiger partial charge in [0.25, 0.3) is 11.8 Å². The molecule has 2 aromatic rings. The van der Waals surface area contributed by atoms with Gasteiger partial charge >= 0.3 is 11.9 Å². The lowest BCUT2D eigenvalue weighted by atomic mass is 10.1. The highest BCUT2D eigenvalue weighted by Crippen LogP contribution is 2.32. The molecule has 0 aliphatic carbocycles. The maximum absolute atomic E-state index is 12.7. The summed E-state index contributed by atoms with van der Waals surface area (Å²) in [6, 6.07) is 11.3. The van der Waals surface area contributed by atoms with E-state index in [0.29, 0.717) is 50.6 Å². The molecule has 0 bridgehead atoms. The Kier molecular flexibility index (Phi) is 15.8. The van der Waals surface area contributed by atoms with Crippen LogP contribution in [0.5, 0.6) is 11.5 Å². The smallest absolute Gasteiger partial charge is 0.305 e. The molecule has 0 radical (unpaired) electrons. The van der Waals surface area contributed by atoms with Gasteiger partial charge in [-0.15, -0.1) is 0 Å². The standard InChI is InChI=1S/C32H46N2O8/c1-5-39-31(37)17-9-7-13-19-33(3)29(35)23-41-27-21-25-15-11-12-16-26(25)22-28(27)42-24-30(36)34(4)20-14-8-10-18-32(38)40-6-2/h11-12,15-16,21-22H,5-10,13-14,17-20,23-24H2,1-4H3. The average Bonchev–Trinajstić information content (AvgIpc) is 2.98. The first-order valence-corrected chi connectivity index (χ1v) is 14.8. The number of amides is 2. The predicted octanol–water partition coefficient (Wildman–Crippen LogP) is 4.76. The van der Waals surface area contributed by atoms with Crippen molar-refractivity contribution in [1.82, 2.24) is 9.80 Å². The lowest BCUT2D eigenvalue weighted by molar-refractivity contribution is -0.144. The fourth-order valence-electron chi connectivity index (χ4n) is 4.23. The lowest BCUT2D eigenvalue weighted by Crippen LogP contribution is -2.33. The van der Waals surface area contributed by atoms with Crippen LogP contribution in [0.1, 0.15) is 65.2 Å². The van der Waals surface area contributed by atoms with Gasteiger partial charge < -0.3 is 28.7 Å². The van der Waals surface area contributed by atoms with Crippen LogP contribution in [0, 0.1) is 0 Å². The molecule has 0 fully saturated rings. The third-order valence-corrected chi connectivity index (χ3v) is 6.73. The van der Waals surface area contributed by atoms with Crippen LogP contribution in [-0.2, 0) is 28.7 Å². The molecule has 0 heterocycles. The number of carbonyl (C=O) groups excluding carboxylic acids is 4. The Balaban J connectivity index is 1.86. The number of likely N-dealkylation sites (N-methyl/N-ethyl adjacent to an activating group) is 2. The van der Waals surface area contributed by atoms with Crippen molar-refractivity contribution in [3.63, 3.8) is 0 Å². The van der Waals surface area contributed by atoms with E-state index >= 15 is 0 Å². The van der Waals surface area contributed by atoms with Crippen molar-refractivity contribution in [2.45, 2.75) is 65.2 Å². The first-order valence-electron chi connectivity index (χ1n) is 14.8. The molecule has 10 nitrogen and oxygen atoms in total. The molecule has 0 unspecified atom stereocenters. The number of hydrogen-bond acceptors (Lipinski definition) is 8. The largest absolute Gasteiger partial charge is 0.480 e. The molecule has 0 atom stereocenters. The molecule has 0 aromatic heterocycles. The van der Waals surface area contributed by atoms with E-state index in [1.807, 2.05) is 36.4 Å². The highest BCUT2D eigenvalue weighted by atomic mass is 16.5. The van der Waals surface area contributed by atoms with Gasteiger partial charge in [0.15, 0.2) is 24.7 Å². The molecule has 0 N–H and O–H groups in total. The second-order valence-corrected chi connectivity index (χ2v) is 10.1. The third-order valence-electron chi connectivity index (χ3n) is 6.73. The summed E-state index contributed by atoms with van der Waals surface area (Å²) >= 11 is 0. The highest BCUT2D eigenvalue weighted by molar-refractivity contribution is 5.86. The van der Waals surface area contributed by atoms with Crippen molar-refractivity contribution < 1.29 is 38.1 Å². The summed E-state index contributed by atoms with van der Waals surface area (Å²) in [5, 5.41) is 1.85. The van der Waals surface area contributed by atoms with Crippen LogP contribution in [0.4, 0.5) is 0 Å². The molecule has 0 spiro atoms. The van der Waals surface area contributed by atoms with Crippen LogP contribution in [0.2, 0.25) is 0 Å². The van der Waals surface area contributed by atoms with E-state index < -0.39 is 0 Å². The van der Waals surface area contributed by atoms with Gasteiger partial charge in [0, 0.05) is 40.0 Å². The summed E-state index contributed by atoms with van der Waals surface area (Å²) in [7, 11) is 3.44. The van der Waals surface area contributed by atoms with E-state index in [-0.39, 0.29) is 37.0 Å². The number of nitrogens with zero attached hydrogens (tertiary/aromatic N) is 2. The van der Waals surface area contributed by atoms with Crippen LogP contribution >= 0.6 is 0 Å². The molecule has 0 aliphatic heterocycles. The number of benzene rings is 2. The van der Waals surface area contributed by atoms with Gasteiger partial charge in [0.05, 0.1) is 13.2 Å². The summed E-state index contributed by atoms with van der Waals surface area (Å²) < 4.78 is 21.7. The molecule has 42 heavy (non-hydrogen) atoms. The molecule has 232 valence electrons. The third kappa shape index (κ3) is 12.8. The Hall–Kier alpha value is -3.82. The normalized spacial score (nSPS) is 10.7. The van der Waals surface area contributed by atoms with E-state index in [4.69, 9.17) is 18.9 Å². The average molecular weight is 587 g/mol. The quantitative estimate of drug-likeness (QED) is 0.161. The van der Waals surface area contributed by atoms with Gasteiger partial charge in [0.2, 0.25) is 0 Å². The molecule has 0 aliphatic rings. The van der Waals surface area contributed by atoms with E-state index in [1.54, 1.807) is 37.7 Å². The minimum atomic E-state index is -0.195. The van der Waals surface area contributed by atoms with Gasteiger partial charge in [-0.3, -0.25) is 19.2 Å². The van der Waals surface area contributed by atoms with Gasteiger partial charge in [-0.05, 0) is 62.4 Å². The Morgan fingerprint density at radius 3 is 1.40 bits per heavy atom. The number of esters is 2. The van der Waals surface area contributed by atoms with Gasteiger partial charge in [-0.2, -0.15) is 0 Å². The van der Waals surface area contributed by atoms with E-state index in [0.717, 1.165) is 49.3 Å². The summed E-state index contributed by atoms with van der Waals surface area (Å²) in [6.07, 6.45) is 5.38. The first kappa shape index (κ1) is 34.4. The Morgan fingerprint density at radius 1 is 0.619 bits per heavy atom. The number of rotatable bonds is 20. The zero-order valence-corrected chi connectivity index (χ0v) is 25.5. The summed E-state index contributed by atoms with van der Waals surface area (Å²) in [5.74, 6) is 0.0231. The van der Waals surface area contributed by atoms with Gasteiger partial charge in [0.1, 0.15) is 0 Å². The predicted molar refractivity (Wildman–Crippen MR) is 160 cm³/mol. The zero-order valence-electron chi connectivity index (χ0n) is 25.5. The van der Waals surface area contributed by atoms with Crippen molar-refractivity contribution >= 4 is 34.5 Å². The fourth-order valence-corrected chi connectivity index (χ4v) is 4.23. The summed E-state index contributed by atoms with van der Waals surface area (Å²) in [4.78, 5) is 51.6. The van der Waals surface area contributed by atoms with Crippen molar-refractivity contribution in [1.29, 1.82) is 0 Å².